The Morgan fingerprint density at radius 3 is 2.32 bits per heavy atom. The molecule has 112 valence electrons. The van der Waals surface area contributed by atoms with Gasteiger partial charge in [-0.2, -0.15) is 13.2 Å². The molecule has 4 nitrogen and oxygen atoms in total. The molecule has 1 heterocycles. The molecule has 0 saturated carbocycles. The van der Waals surface area contributed by atoms with Crippen molar-refractivity contribution in [2.45, 2.75) is 45.5 Å². The molecule has 1 saturated heterocycles. The van der Waals surface area contributed by atoms with E-state index in [0.29, 0.717) is 6.92 Å². The van der Waals surface area contributed by atoms with Crippen LogP contribution in [0, 0.1) is 0 Å². The lowest BCUT2D eigenvalue weighted by molar-refractivity contribution is -0.200. The molecule has 1 amide bonds. The molecule has 7 heteroatoms. The first-order chi connectivity index (χ1) is 10.5. The smallest absolute Gasteiger partial charge is 0.425 e. The average Bonchev–Trinajstić information content (AvgIpc) is 2.33. The van der Waals surface area contributed by atoms with Crippen molar-refractivity contribution in [1.29, 1.82) is 0 Å². The van der Waals surface area contributed by atoms with Gasteiger partial charge >= 0.3 is 12.3 Å². The Hall–Kier alpha value is -0.980. The third kappa shape index (κ3) is 4.56. The summed E-state index contributed by atoms with van der Waals surface area (Å²) >= 11 is 0. The molecule has 0 radical (unpaired) electrons. The minimum absolute atomic E-state index is 0.224. The molecule has 1 aliphatic rings. The highest BCUT2D eigenvalue weighted by molar-refractivity contribution is 5.68. The van der Waals surface area contributed by atoms with Crippen LogP contribution in [0.1, 0.15) is 34.5 Å². The van der Waals surface area contributed by atoms with Gasteiger partial charge in [-0.25, -0.2) is 4.79 Å². The summed E-state index contributed by atoms with van der Waals surface area (Å²) in [6, 6.07) is 0. The van der Waals surface area contributed by atoms with Gasteiger partial charge in [0.1, 0.15) is 0 Å². The minimum atomic E-state index is -4.82. The van der Waals surface area contributed by atoms with Crippen LogP contribution in [0.3, 0.4) is 0 Å². The van der Waals surface area contributed by atoms with Crippen molar-refractivity contribution in [2.75, 3.05) is 26.1 Å². The number of rotatable bonds is 1. The highest BCUT2D eigenvalue weighted by Crippen LogP contribution is 2.23. The Balaban J connectivity index is 3.13. The van der Waals surface area contributed by atoms with Gasteiger partial charge in [0.25, 0.3) is 0 Å². The van der Waals surface area contributed by atoms with Crippen molar-refractivity contribution >= 4 is 6.09 Å². The molecule has 0 aromatic carbocycles. The third-order valence-corrected chi connectivity index (χ3v) is 2.38. The van der Waals surface area contributed by atoms with Gasteiger partial charge in [0.15, 0.2) is 6.10 Å². The first kappa shape index (κ1) is 9.85. The van der Waals surface area contributed by atoms with Gasteiger partial charge in [0.05, 0.1) is 2.74 Å². The van der Waals surface area contributed by atoms with Crippen LogP contribution in [0.4, 0.5) is 18.0 Å². The van der Waals surface area contributed by atoms with E-state index in [9.17, 15) is 18.0 Å². The van der Waals surface area contributed by atoms with E-state index in [4.69, 9.17) is 6.85 Å². The number of hydrogen-bond donors (Lipinski definition) is 0. The summed E-state index contributed by atoms with van der Waals surface area (Å²) in [4.78, 5) is 13.1. The van der Waals surface area contributed by atoms with Gasteiger partial charge in [0.2, 0.25) is 0 Å². The van der Waals surface area contributed by atoms with Crippen molar-refractivity contribution < 1.29 is 29.6 Å². The van der Waals surface area contributed by atoms with Crippen LogP contribution in [0.15, 0.2) is 0 Å². The van der Waals surface area contributed by atoms with E-state index < -0.39 is 50.0 Å². The number of carbonyl (C=O) groups excluding carboxylic acids is 1. The van der Waals surface area contributed by atoms with Crippen molar-refractivity contribution in [1.82, 2.24) is 9.80 Å². The van der Waals surface area contributed by atoms with Crippen LogP contribution >= 0.6 is 0 Å². The van der Waals surface area contributed by atoms with Crippen molar-refractivity contribution in [2.24, 2.45) is 0 Å². The normalized spacial score (nSPS) is 38.4. The lowest BCUT2D eigenvalue weighted by atomic mass is 10.1. The van der Waals surface area contributed by atoms with E-state index in [1.807, 2.05) is 0 Å². The summed E-state index contributed by atoms with van der Waals surface area (Å²) in [6.45, 7) is -2.63. The molecule has 19 heavy (non-hydrogen) atoms. The Kier molecular flexibility index (Phi) is 2.88. The minimum Gasteiger partial charge on any atom is -0.437 e. The highest BCUT2D eigenvalue weighted by atomic mass is 19.4. The number of halogens is 3. The van der Waals surface area contributed by atoms with Crippen LogP contribution in [-0.4, -0.2) is 59.8 Å². The molecular formula is C12H21F3N2O2. The zero-order valence-electron chi connectivity index (χ0n) is 16.2. The zero-order chi connectivity index (χ0) is 19.2. The number of alkyl halides is 3. The van der Waals surface area contributed by atoms with Crippen LogP contribution < -0.4 is 0 Å². The van der Waals surface area contributed by atoms with Gasteiger partial charge in [-0.1, -0.05) is 0 Å². The molecule has 0 spiro atoms. The van der Waals surface area contributed by atoms with Crippen molar-refractivity contribution in [3.05, 3.63) is 0 Å². The van der Waals surface area contributed by atoms with E-state index in [0.717, 1.165) is 4.90 Å². The lowest BCUT2D eigenvalue weighted by Gasteiger charge is -2.42. The van der Waals surface area contributed by atoms with Gasteiger partial charge < -0.3 is 9.64 Å². The summed E-state index contributed by atoms with van der Waals surface area (Å²) in [6.07, 6.45) is -8.94. The Labute approximate surface area is 118 Å². The fourth-order valence-electron chi connectivity index (χ4n) is 1.16. The Bertz CT molecular complexity index is 486. The average molecular weight is 287 g/mol. The summed E-state index contributed by atoms with van der Waals surface area (Å²) in [5, 5.41) is 0. The van der Waals surface area contributed by atoms with Crippen LogP contribution in [0.2, 0.25) is 0 Å². The fourth-order valence-corrected chi connectivity index (χ4v) is 1.16. The van der Waals surface area contributed by atoms with Crippen LogP contribution in [0.5, 0.6) is 0 Å². The second kappa shape index (κ2) is 5.56. The first-order valence-corrected chi connectivity index (χ1v) is 5.64. The molecule has 1 aliphatic heterocycles. The SMILES string of the molecule is [2H]C1C([2H])N(C(C)(C)C)C([2H])([2H])C([2H])N1C(=O)OC(C)C(F)(F)F. The molecule has 4 unspecified atom stereocenters. The van der Waals surface area contributed by atoms with Crippen LogP contribution in [-0.2, 0) is 4.74 Å². The molecule has 0 aromatic rings. The quantitative estimate of drug-likeness (QED) is 0.743. The molecule has 4 atom stereocenters. The molecule has 1 fully saturated rings. The van der Waals surface area contributed by atoms with E-state index in [1.54, 1.807) is 20.8 Å². The third-order valence-electron chi connectivity index (χ3n) is 2.38. The van der Waals surface area contributed by atoms with E-state index in [-0.39, 0.29) is 4.90 Å². The standard InChI is InChI=1S/C12H21F3N2O2/c1-9(12(13,14)15)19-10(18)16-5-7-17(8-6-16)11(2,3)4/h9H,5-8H2,1-4H3/i5D,6D,7D,8D2. The second-order valence-electron chi connectivity index (χ2n) is 5.07. The number of piperazine rings is 1. The lowest BCUT2D eigenvalue weighted by Crippen LogP contribution is -2.55. The maximum atomic E-state index is 12.5. The molecular weight excluding hydrogens is 261 g/mol. The summed E-state index contributed by atoms with van der Waals surface area (Å²) in [5.41, 5.74) is -0.941. The van der Waals surface area contributed by atoms with Gasteiger partial charge in [-0.15, -0.1) is 0 Å². The highest BCUT2D eigenvalue weighted by Gasteiger charge is 2.40. The topological polar surface area (TPSA) is 32.8 Å². The summed E-state index contributed by atoms with van der Waals surface area (Å²) in [5.74, 6) is 0. The molecule has 0 N–H and O–H groups in total. The van der Waals surface area contributed by atoms with Gasteiger partial charge in [-0.3, -0.25) is 4.90 Å². The monoisotopic (exact) mass is 287 g/mol. The van der Waals surface area contributed by atoms with Crippen molar-refractivity contribution in [3.63, 3.8) is 0 Å². The Morgan fingerprint density at radius 2 is 1.84 bits per heavy atom. The van der Waals surface area contributed by atoms with E-state index >= 15 is 0 Å². The molecule has 1 rings (SSSR count). The maximum absolute atomic E-state index is 12.5. The van der Waals surface area contributed by atoms with Crippen LogP contribution in [0.25, 0.3) is 0 Å². The summed E-state index contributed by atoms with van der Waals surface area (Å²) in [7, 11) is 0. The van der Waals surface area contributed by atoms with Crippen molar-refractivity contribution in [3.8, 4) is 0 Å². The van der Waals surface area contributed by atoms with Gasteiger partial charge in [0, 0.05) is 35.7 Å². The fraction of sp³-hybridized carbons (Fsp3) is 0.917. The Morgan fingerprint density at radius 1 is 1.26 bits per heavy atom. The number of carbonyl (C=O) groups is 1. The second-order valence-corrected chi connectivity index (χ2v) is 5.07. The zero-order valence-corrected chi connectivity index (χ0v) is 11.2. The largest absolute Gasteiger partial charge is 0.437 e. The predicted octanol–water partition coefficient (Wildman–Crippen LogP) is 2.49. The number of amides is 1. The molecule has 0 aromatic heterocycles. The van der Waals surface area contributed by atoms with E-state index in [1.165, 1.54) is 0 Å². The predicted molar refractivity (Wildman–Crippen MR) is 64.9 cm³/mol. The summed E-state index contributed by atoms with van der Waals surface area (Å²) < 4.78 is 81.6. The maximum Gasteiger partial charge on any atom is 0.425 e. The van der Waals surface area contributed by atoms with Gasteiger partial charge in [-0.05, 0) is 27.7 Å². The number of hydrogen-bond acceptors (Lipinski definition) is 3. The van der Waals surface area contributed by atoms with E-state index in [2.05, 4.69) is 4.74 Å². The number of nitrogens with zero attached hydrogens (tertiary/aromatic N) is 2. The first-order valence-electron chi connectivity index (χ1n) is 8.38. The number of ether oxygens (including phenoxy) is 1. The molecule has 0 bridgehead atoms. The molecule has 0 aliphatic carbocycles.